The van der Waals surface area contributed by atoms with E-state index in [1.807, 2.05) is 0 Å². The molecule has 0 atom stereocenters. The van der Waals surface area contributed by atoms with Gasteiger partial charge in [0.15, 0.2) is 0 Å². The lowest BCUT2D eigenvalue weighted by Gasteiger charge is -2.02. The Balaban J connectivity index is 2.13. The summed E-state index contributed by atoms with van der Waals surface area (Å²) in [5, 5.41) is 8.76. The highest BCUT2D eigenvalue weighted by Gasteiger charge is 2.27. The first-order valence-electron chi connectivity index (χ1n) is 6.12. The van der Waals surface area contributed by atoms with E-state index >= 15 is 0 Å². The fourth-order valence-electron chi connectivity index (χ4n) is 2.12. The SMILES string of the molecule is N#Cc1cc(C=C2OC(=O)c3cc(F)ccc32)c(F)cc1F. The number of hydrogen-bond acceptors (Lipinski definition) is 3. The van der Waals surface area contributed by atoms with Crippen LogP contribution in [0.25, 0.3) is 11.8 Å². The number of fused-ring (bicyclic) bond motifs is 1. The van der Waals surface area contributed by atoms with Gasteiger partial charge >= 0.3 is 5.97 Å². The van der Waals surface area contributed by atoms with Gasteiger partial charge in [0.05, 0.1) is 11.1 Å². The van der Waals surface area contributed by atoms with E-state index in [1.54, 1.807) is 6.07 Å². The van der Waals surface area contributed by atoms with Crippen molar-refractivity contribution in [3.05, 3.63) is 70.0 Å². The number of rotatable bonds is 1. The Bertz CT molecular complexity index is 882. The van der Waals surface area contributed by atoms with Gasteiger partial charge in [-0.2, -0.15) is 5.26 Å². The minimum Gasteiger partial charge on any atom is -0.422 e. The van der Waals surface area contributed by atoms with Crippen molar-refractivity contribution in [3.63, 3.8) is 0 Å². The van der Waals surface area contributed by atoms with Crippen molar-refractivity contribution in [2.45, 2.75) is 0 Å². The Hall–Kier alpha value is -3.07. The topological polar surface area (TPSA) is 50.1 Å². The molecule has 0 saturated heterocycles. The molecule has 3 nitrogen and oxygen atoms in total. The molecule has 0 aromatic heterocycles. The van der Waals surface area contributed by atoms with Gasteiger partial charge in [-0.25, -0.2) is 18.0 Å². The zero-order valence-electron chi connectivity index (χ0n) is 10.9. The molecule has 1 heterocycles. The Morgan fingerprint density at radius 3 is 2.55 bits per heavy atom. The molecule has 0 amide bonds. The molecule has 0 radical (unpaired) electrons. The molecule has 1 aliphatic heterocycles. The van der Waals surface area contributed by atoms with Crippen LogP contribution in [0, 0.1) is 28.8 Å². The van der Waals surface area contributed by atoms with Gasteiger partial charge in [-0.1, -0.05) is 0 Å². The Labute approximate surface area is 122 Å². The van der Waals surface area contributed by atoms with Gasteiger partial charge in [-0.15, -0.1) is 0 Å². The van der Waals surface area contributed by atoms with Crippen molar-refractivity contribution in [2.24, 2.45) is 0 Å². The van der Waals surface area contributed by atoms with Crippen LogP contribution in [0.5, 0.6) is 0 Å². The fourth-order valence-corrected chi connectivity index (χ4v) is 2.12. The molecule has 22 heavy (non-hydrogen) atoms. The van der Waals surface area contributed by atoms with E-state index < -0.39 is 23.4 Å². The molecule has 0 N–H and O–H groups in total. The van der Waals surface area contributed by atoms with E-state index in [9.17, 15) is 18.0 Å². The molecule has 6 heteroatoms. The summed E-state index contributed by atoms with van der Waals surface area (Å²) < 4.78 is 45.1. The van der Waals surface area contributed by atoms with Crippen LogP contribution in [0.4, 0.5) is 13.2 Å². The summed E-state index contributed by atoms with van der Waals surface area (Å²) in [7, 11) is 0. The normalized spacial score (nSPS) is 14.6. The number of benzene rings is 2. The molecule has 1 aliphatic rings. The average molecular weight is 301 g/mol. The molecule has 0 bridgehead atoms. The predicted molar refractivity (Wildman–Crippen MR) is 70.8 cm³/mol. The molecule has 2 aromatic carbocycles. The van der Waals surface area contributed by atoms with Crippen LogP contribution < -0.4 is 0 Å². The molecule has 0 unspecified atom stereocenters. The number of carbonyl (C=O) groups excluding carboxylic acids is 1. The van der Waals surface area contributed by atoms with Gasteiger partial charge < -0.3 is 4.74 Å². The van der Waals surface area contributed by atoms with Crippen LogP contribution in [0.1, 0.15) is 27.0 Å². The minimum absolute atomic E-state index is 0.00870. The van der Waals surface area contributed by atoms with Gasteiger partial charge in [0, 0.05) is 17.2 Å². The summed E-state index contributed by atoms with van der Waals surface area (Å²) in [6.45, 7) is 0. The van der Waals surface area contributed by atoms with Crippen molar-refractivity contribution < 1.29 is 22.7 Å². The van der Waals surface area contributed by atoms with Gasteiger partial charge in [-0.3, -0.25) is 0 Å². The van der Waals surface area contributed by atoms with Crippen LogP contribution in [0.2, 0.25) is 0 Å². The fraction of sp³-hybridized carbons (Fsp3) is 0. The molecule has 0 spiro atoms. The number of hydrogen-bond donors (Lipinski definition) is 0. The summed E-state index contributed by atoms with van der Waals surface area (Å²) in [6.07, 6.45) is 1.16. The van der Waals surface area contributed by atoms with Crippen molar-refractivity contribution in [2.75, 3.05) is 0 Å². The number of halogens is 3. The maximum Gasteiger partial charge on any atom is 0.344 e. The van der Waals surface area contributed by atoms with E-state index in [1.165, 1.54) is 6.07 Å². The third-order valence-corrected chi connectivity index (χ3v) is 3.16. The van der Waals surface area contributed by atoms with E-state index in [0.29, 0.717) is 11.6 Å². The molecule has 3 rings (SSSR count). The smallest absolute Gasteiger partial charge is 0.344 e. The number of carbonyl (C=O) groups is 1. The Morgan fingerprint density at radius 2 is 1.82 bits per heavy atom. The van der Waals surface area contributed by atoms with E-state index in [2.05, 4.69) is 0 Å². The third kappa shape index (κ3) is 2.23. The monoisotopic (exact) mass is 301 g/mol. The second kappa shape index (κ2) is 5.04. The number of esters is 1. The third-order valence-electron chi connectivity index (χ3n) is 3.16. The number of ether oxygens (including phenoxy) is 1. The lowest BCUT2D eigenvalue weighted by Crippen LogP contribution is -1.94. The highest BCUT2D eigenvalue weighted by Crippen LogP contribution is 2.32. The summed E-state index contributed by atoms with van der Waals surface area (Å²) >= 11 is 0. The lowest BCUT2D eigenvalue weighted by molar-refractivity contribution is 0.0716. The highest BCUT2D eigenvalue weighted by molar-refractivity contribution is 6.05. The quantitative estimate of drug-likeness (QED) is 0.756. The largest absolute Gasteiger partial charge is 0.422 e. The molecule has 108 valence electrons. The van der Waals surface area contributed by atoms with Crippen molar-refractivity contribution in [3.8, 4) is 6.07 Å². The van der Waals surface area contributed by atoms with Crippen LogP contribution in [0.3, 0.4) is 0 Å². The first-order chi connectivity index (χ1) is 10.5. The maximum atomic E-state index is 13.8. The van der Waals surface area contributed by atoms with Gasteiger partial charge in [0.2, 0.25) is 0 Å². The zero-order valence-corrected chi connectivity index (χ0v) is 10.9. The van der Waals surface area contributed by atoms with Crippen LogP contribution in [-0.2, 0) is 4.74 Å². The van der Waals surface area contributed by atoms with Crippen LogP contribution in [-0.4, -0.2) is 5.97 Å². The first kappa shape index (κ1) is 13.9. The van der Waals surface area contributed by atoms with E-state index in [-0.39, 0.29) is 22.4 Å². The molecule has 0 fully saturated rings. The highest BCUT2D eigenvalue weighted by atomic mass is 19.1. The predicted octanol–water partition coefficient (Wildman–Crippen LogP) is 3.64. The summed E-state index contributed by atoms with van der Waals surface area (Å²) in [5.74, 6) is -3.24. The standard InChI is InChI=1S/C16H6F3NO2/c17-10-1-2-11-12(5-10)16(21)22-15(11)4-8-3-9(7-20)14(19)6-13(8)18/h1-6H. The van der Waals surface area contributed by atoms with Crippen molar-refractivity contribution in [1.29, 1.82) is 5.26 Å². The first-order valence-corrected chi connectivity index (χ1v) is 6.12. The average Bonchev–Trinajstić information content (AvgIpc) is 2.78. The number of nitrogens with zero attached hydrogens (tertiary/aromatic N) is 1. The van der Waals surface area contributed by atoms with Gasteiger partial charge in [0.1, 0.15) is 29.3 Å². The lowest BCUT2D eigenvalue weighted by atomic mass is 10.0. The number of cyclic esters (lactones) is 1. The molecular weight excluding hydrogens is 295 g/mol. The van der Waals surface area contributed by atoms with Gasteiger partial charge in [-0.05, 0) is 30.3 Å². The molecule has 0 aliphatic carbocycles. The second-order valence-corrected chi connectivity index (χ2v) is 4.55. The molecular formula is C16H6F3NO2. The second-order valence-electron chi connectivity index (χ2n) is 4.55. The Kier molecular flexibility index (Phi) is 3.18. The molecule has 0 saturated carbocycles. The summed E-state index contributed by atoms with van der Waals surface area (Å²) in [6, 6.07) is 6.66. The van der Waals surface area contributed by atoms with Crippen LogP contribution in [0.15, 0.2) is 30.3 Å². The van der Waals surface area contributed by atoms with Crippen molar-refractivity contribution in [1.82, 2.24) is 0 Å². The molecule has 2 aromatic rings. The summed E-state index contributed by atoms with van der Waals surface area (Å²) in [4.78, 5) is 11.6. The maximum absolute atomic E-state index is 13.8. The summed E-state index contributed by atoms with van der Waals surface area (Å²) in [5.41, 5.74) is -0.127. The van der Waals surface area contributed by atoms with E-state index in [0.717, 1.165) is 24.3 Å². The van der Waals surface area contributed by atoms with Gasteiger partial charge in [0.25, 0.3) is 0 Å². The van der Waals surface area contributed by atoms with Crippen LogP contribution >= 0.6 is 0 Å². The minimum atomic E-state index is -0.979. The zero-order chi connectivity index (χ0) is 15.9. The van der Waals surface area contributed by atoms with Crippen molar-refractivity contribution >= 4 is 17.8 Å². The van der Waals surface area contributed by atoms with E-state index in [4.69, 9.17) is 10.00 Å². The number of nitriles is 1. The Morgan fingerprint density at radius 1 is 1.05 bits per heavy atom.